The minimum absolute atomic E-state index is 0.0184. The Labute approximate surface area is 664 Å². The molecule has 13 bridgehead atoms. The number of rotatable bonds is 11. The number of aliphatic hydroxyl groups excluding tert-OH is 4. The van der Waals surface area contributed by atoms with Crippen LogP contribution in [0.4, 0.5) is 0 Å². The van der Waals surface area contributed by atoms with Crippen LogP contribution in [0.25, 0.3) is 6.08 Å². The zero-order valence-corrected chi connectivity index (χ0v) is 66.0. The molecule has 10 rings (SSSR count). The van der Waals surface area contributed by atoms with E-state index in [4.69, 9.17) is 25.4 Å². The molecule has 37 nitrogen and oxygen atoms in total. The second-order valence-corrected chi connectivity index (χ2v) is 31.9. The minimum Gasteiger partial charge on any atom is -0.455 e. The van der Waals surface area contributed by atoms with Gasteiger partial charge >= 0.3 is 5.97 Å². The molecular weight excluding hydrogens is 1570 g/mol. The third kappa shape index (κ3) is 18.5. The summed E-state index contributed by atoms with van der Waals surface area (Å²) < 4.78 is 6.24. The molecule has 9 heterocycles. The number of amides is 11. The largest absolute Gasteiger partial charge is 0.455 e. The van der Waals surface area contributed by atoms with Gasteiger partial charge in [0.05, 0.1) is 76.0 Å². The number of allylic oxidation sites excluding steroid dienone is 1. The van der Waals surface area contributed by atoms with E-state index in [1.807, 2.05) is 0 Å². The number of carbonyl (C=O) groups is 12. The highest BCUT2D eigenvalue weighted by Gasteiger charge is 2.51. The maximum absolute atomic E-state index is 15.4. The highest BCUT2D eigenvalue weighted by atomic mass is 32.2. The molecule has 5 aliphatic rings. The van der Waals surface area contributed by atoms with Gasteiger partial charge in [0.15, 0.2) is 0 Å². The predicted molar refractivity (Wildman–Crippen MR) is 413 cm³/mol. The molecule has 0 saturated carbocycles. The first-order valence-corrected chi connectivity index (χ1v) is 39.3. The van der Waals surface area contributed by atoms with Gasteiger partial charge in [0.25, 0.3) is 41.4 Å². The van der Waals surface area contributed by atoms with E-state index in [1.165, 1.54) is 87.4 Å². The lowest BCUT2D eigenvalue weighted by Gasteiger charge is -2.41. The Balaban J connectivity index is 1.18. The van der Waals surface area contributed by atoms with Crippen LogP contribution in [0.3, 0.4) is 0 Å². The fourth-order valence-electron chi connectivity index (χ4n) is 12.0. The maximum Gasteiger partial charge on any atom is 0.357 e. The topological polar surface area (TPSA) is 563 Å². The number of nitrogens with one attached hydrogen (secondary N) is 11. The van der Waals surface area contributed by atoms with E-state index in [0.717, 1.165) is 57.1 Å². The number of thioether (sulfide) groups is 1. The number of esters is 1. The summed E-state index contributed by atoms with van der Waals surface area (Å²) in [7, 11) is 0. The quantitative estimate of drug-likeness (QED) is 0.0633. The third-order valence-electron chi connectivity index (χ3n) is 18.7. The molecule has 0 fully saturated rings. The first-order chi connectivity index (χ1) is 53.2. The van der Waals surface area contributed by atoms with Crippen LogP contribution in [0.5, 0.6) is 0 Å². The lowest BCUT2D eigenvalue weighted by molar-refractivity contribution is -0.129. The van der Waals surface area contributed by atoms with Gasteiger partial charge in [-0.15, -0.1) is 57.1 Å². The van der Waals surface area contributed by atoms with E-state index >= 15 is 14.4 Å². The number of cyclic esters (lactones) is 1. The van der Waals surface area contributed by atoms with E-state index in [9.17, 15) is 68.7 Å². The normalized spacial score (nSPS) is 26.1. The monoisotopic (exact) mass is 1650 g/mol. The fourth-order valence-corrected chi connectivity index (χ4v) is 16.9. The molecule has 0 radical (unpaired) electrons. The Hall–Kier alpha value is -10.8. The Morgan fingerprint density at radius 3 is 2.09 bits per heavy atom. The van der Waals surface area contributed by atoms with E-state index in [-0.39, 0.29) is 89.0 Å². The predicted octanol–water partition coefficient (Wildman–Crippen LogP) is 0.509. The molecule has 15 atom stereocenters. The number of aliphatic imine (C=N–C) groups is 2. The molecule has 1 unspecified atom stereocenters. The Kier molecular flexibility index (Phi) is 26.0. The summed E-state index contributed by atoms with van der Waals surface area (Å²) in [5.41, 5.74) is -2.56. The van der Waals surface area contributed by atoms with Crippen molar-refractivity contribution in [3.8, 4) is 0 Å². The highest BCUT2D eigenvalue weighted by molar-refractivity contribution is 8.14. The molecule has 42 heteroatoms. The minimum atomic E-state index is -2.21. The van der Waals surface area contributed by atoms with Crippen molar-refractivity contribution in [2.75, 3.05) is 5.75 Å². The molecule has 598 valence electrons. The molecule has 0 aromatic carbocycles. The number of carbonyl (C=O) groups excluding carboxylic acids is 12. The number of thiazole rings is 4. The van der Waals surface area contributed by atoms with E-state index in [0.29, 0.717) is 0 Å². The van der Waals surface area contributed by atoms with Gasteiger partial charge in [-0.05, 0) is 78.9 Å². The number of ether oxygens (including phenoxy) is 1. The second-order valence-electron chi connectivity index (χ2n) is 27.4. The number of aromatic nitrogens is 5. The standard InChI is InChI=1S/C71H81N19O18S5/c1-14-37-64-83-44(22-109-64)61(103)89-52(70(13,107)34(12)93)67-85-43(23-112-67)59(101)88-48-33(11)108-68(106)40-19-36(31(9)91)35-15-16-38(50(94)49(35)79-40)78-46(25(2)3)62(104)77-29(7)56(98)74-27(5)55(97)75-30(8)57(99)90-71(69-86-45(24-113-69)60(102)87-47(32(10)92)63(105)81-37)18-17-39(80-51(71)41-20-111-66(48)82-41)65-84-42(21-110-65)58(100)76-28(6)54(96)73-26(4)53(72)95/h14-16,19-21,23-25,30-34,38,44,46-48,50-52,78,91-94,107H,4-7,17-18,22H2,1-3,8-13H3,(H2,72,95)(H,73,96)(H,74,98)(H,75,97)(H,76,100)(H,77,104)(H,81,105)(H,87,102)(H,88,101)(H,89,103)(H,90,99)/b37-14-/t30-,31-,32+,33+,34+,38+,44+,46?,47-,48-,50-,51+,52+,70+,71-/m0/s1. The molecule has 1 aliphatic carbocycles. The molecule has 4 aliphatic heterocycles. The van der Waals surface area contributed by atoms with Crippen molar-refractivity contribution in [1.82, 2.24) is 83.4 Å². The van der Waals surface area contributed by atoms with Crippen LogP contribution in [0, 0.1) is 5.92 Å². The van der Waals surface area contributed by atoms with Gasteiger partial charge in [0, 0.05) is 32.8 Å². The summed E-state index contributed by atoms with van der Waals surface area (Å²) >= 11 is 4.39. The Morgan fingerprint density at radius 2 is 1.42 bits per heavy atom. The van der Waals surface area contributed by atoms with Gasteiger partial charge in [-0.1, -0.05) is 58.4 Å². The average molecular weight is 1650 g/mol. The number of primary amides is 1. The van der Waals surface area contributed by atoms with Crippen molar-refractivity contribution in [3.05, 3.63) is 160 Å². The molecule has 18 N–H and O–H groups in total. The van der Waals surface area contributed by atoms with Crippen LogP contribution < -0.4 is 64.2 Å². The smallest absolute Gasteiger partial charge is 0.357 e. The molecule has 0 saturated heterocycles. The molecule has 0 spiro atoms. The van der Waals surface area contributed by atoms with Crippen LogP contribution in [-0.4, -0.2) is 192 Å². The lowest BCUT2D eigenvalue weighted by atomic mass is 9.80. The third-order valence-corrected chi connectivity index (χ3v) is 23.6. The van der Waals surface area contributed by atoms with Gasteiger partial charge in [0.1, 0.15) is 107 Å². The van der Waals surface area contributed by atoms with Gasteiger partial charge in [-0.25, -0.2) is 29.7 Å². The number of hydrogen-bond acceptors (Lipinski definition) is 31. The average Bonchev–Trinajstić information content (AvgIpc) is 1.66. The summed E-state index contributed by atoms with van der Waals surface area (Å²) in [6, 6.07) is -10.4. The van der Waals surface area contributed by atoms with Crippen molar-refractivity contribution < 1.29 is 87.8 Å². The van der Waals surface area contributed by atoms with E-state index in [2.05, 4.69) is 105 Å². The summed E-state index contributed by atoms with van der Waals surface area (Å²) in [5.74, 6) is -12.7. The number of fused-ring (bicyclic) bond motifs is 7. The van der Waals surface area contributed by atoms with Crippen molar-refractivity contribution in [2.24, 2.45) is 21.6 Å². The van der Waals surface area contributed by atoms with E-state index in [1.54, 1.807) is 20.8 Å². The lowest BCUT2D eigenvalue weighted by Crippen LogP contribution is -2.57. The van der Waals surface area contributed by atoms with Crippen molar-refractivity contribution in [1.29, 1.82) is 0 Å². The number of nitrogens with two attached hydrogens (primary N) is 1. The van der Waals surface area contributed by atoms with Crippen molar-refractivity contribution >= 4 is 145 Å². The van der Waals surface area contributed by atoms with E-state index < -0.39 is 201 Å². The second kappa shape index (κ2) is 34.7. The number of pyridine rings is 1. The van der Waals surface area contributed by atoms with Gasteiger partial charge in [-0.2, -0.15) is 0 Å². The Morgan fingerprint density at radius 1 is 0.743 bits per heavy atom. The zero-order valence-electron chi connectivity index (χ0n) is 61.9. The number of nitrogens with zero attached hydrogens (tertiary/aromatic N) is 7. The van der Waals surface area contributed by atoms with Crippen LogP contribution in [0.15, 0.2) is 105 Å². The van der Waals surface area contributed by atoms with Gasteiger partial charge in [0.2, 0.25) is 23.6 Å². The SMILES string of the molecule is C=C(NC(=O)C(=C)NC(=O)c1csc(C2=N[C@@H]3c4csc(n4)[C@H]4NC(=O)c5csc(n5)[C@H]([C@](C)(O)[C@@H](C)O)NC(=O)[C@H]5CSC(=N5)/C(=C/C)NC(=O)[C@H]([C@@H](C)O)NC(=O)c5csc(n5)[C@@]3(CC2)NC(=O)[C@H](C)NC(=O)C(=C)NC(=O)C(=C)NC(=O)C(C(C)C)N[C@@H]2C=Cc3c([C@H](C)O)cc(nc3[C@H]2O)C(=O)O[C@@H]4C)n1)C(N)=O. The molecule has 113 heavy (non-hydrogen) atoms. The number of hydrogen-bond donors (Lipinski definition) is 17. The fraction of sp³-hybridized carbons (Fsp3) is 0.394. The van der Waals surface area contributed by atoms with Crippen molar-refractivity contribution in [3.63, 3.8) is 0 Å². The molecule has 5 aromatic rings. The first kappa shape index (κ1) is 84.6. The van der Waals surface area contributed by atoms with Gasteiger partial charge in [-0.3, -0.25) is 68.0 Å². The van der Waals surface area contributed by atoms with Crippen LogP contribution >= 0.6 is 57.1 Å². The first-order valence-electron chi connectivity index (χ1n) is 34.8. The van der Waals surface area contributed by atoms with Crippen LogP contribution in [0.2, 0.25) is 0 Å². The molecular formula is C71H81N19O18S5. The van der Waals surface area contributed by atoms with Crippen molar-refractivity contribution in [2.45, 2.75) is 165 Å². The summed E-state index contributed by atoms with van der Waals surface area (Å²) in [5, 5.41) is 91.5. The highest BCUT2D eigenvalue weighted by Crippen LogP contribution is 2.48. The summed E-state index contributed by atoms with van der Waals surface area (Å²) in [4.78, 5) is 203. The molecule has 5 aromatic heterocycles. The van der Waals surface area contributed by atoms with Crippen LogP contribution in [0.1, 0.15) is 190 Å². The zero-order chi connectivity index (χ0) is 82.7. The summed E-state index contributed by atoms with van der Waals surface area (Å²) in [6.07, 6.45) is -3.71. The molecule has 11 amide bonds. The van der Waals surface area contributed by atoms with Gasteiger partial charge < -0.3 is 89.2 Å². The Bertz CT molecular complexity index is 4920. The maximum atomic E-state index is 15.4. The number of aliphatic hydroxyl groups is 5. The summed E-state index contributed by atoms with van der Waals surface area (Å²) in [6.45, 7) is 26.9. The van der Waals surface area contributed by atoms with Crippen LogP contribution in [-0.2, 0) is 48.6 Å².